The molecule has 0 amide bonds. The second-order valence-corrected chi connectivity index (χ2v) is 3.73. The van der Waals surface area contributed by atoms with Gasteiger partial charge >= 0.3 is 0 Å². The summed E-state index contributed by atoms with van der Waals surface area (Å²) in [6.07, 6.45) is 2.74. The van der Waals surface area contributed by atoms with Gasteiger partial charge in [0.15, 0.2) is 8.03 Å². The van der Waals surface area contributed by atoms with E-state index in [1.165, 1.54) is 0 Å². The second-order valence-electron chi connectivity index (χ2n) is 2.23. The van der Waals surface area contributed by atoms with Gasteiger partial charge in [-0.15, -0.1) is 0 Å². The van der Waals surface area contributed by atoms with Crippen LogP contribution in [-0.2, 0) is 26.3 Å². The van der Waals surface area contributed by atoms with Crippen molar-refractivity contribution in [3.05, 3.63) is 0 Å². The number of hydrogen-bond donors (Lipinski definition) is 1. The summed E-state index contributed by atoms with van der Waals surface area (Å²) >= 11 is 0. The van der Waals surface area contributed by atoms with Crippen LogP contribution < -0.4 is 0 Å². The van der Waals surface area contributed by atoms with Crippen molar-refractivity contribution < 1.29 is 31.2 Å². The van der Waals surface area contributed by atoms with E-state index in [1.807, 2.05) is 13.8 Å². The monoisotopic (exact) mass is 198 g/mol. The zero-order valence-corrected chi connectivity index (χ0v) is 9.12. The summed E-state index contributed by atoms with van der Waals surface area (Å²) in [5.41, 5.74) is 0.0694. The van der Waals surface area contributed by atoms with Crippen LogP contribution in [0.1, 0.15) is 33.1 Å². The maximum Gasteiger partial charge on any atom is 0.192 e. The van der Waals surface area contributed by atoms with Gasteiger partial charge < -0.3 is 4.89 Å². The van der Waals surface area contributed by atoms with Gasteiger partial charge in [0, 0.05) is 27.4 Å². The topological polar surface area (TPSA) is 37.3 Å². The van der Waals surface area contributed by atoms with Crippen molar-refractivity contribution in [3.8, 4) is 0 Å². The van der Waals surface area contributed by atoms with E-state index < -0.39 is 8.03 Å². The van der Waals surface area contributed by atoms with E-state index in [2.05, 4.69) is 0 Å². The second kappa shape index (κ2) is 8.01. The first-order valence-corrected chi connectivity index (χ1v) is 4.88. The van der Waals surface area contributed by atoms with E-state index in [-0.39, 0.29) is 27.4 Å². The SMILES string of the molecule is CCCC(CC)[PH](=O)O.[Ti]. The molecule has 4 heteroatoms. The summed E-state index contributed by atoms with van der Waals surface area (Å²) in [5.74, 6) is 0. The van der Waals surface area contributed by atoms with E-state index in [4.69, 9.17) is 4.89 Å². The van der Waals surface area contributed by atoms with Crippen LogP contribution in [0.3, 0.4) is 0 Å². The van der Waals surface area contributed by atoms with Gasteiger partial charge in [0.2, 0.25) is 0 Å². The zero-order chi connectivity index (χ0) is 7.28. The summed E-state index contributed by atoms with van der Waals surface area (Å²) < 4.78 is 10.5. The molecule has 0 saturated heterocycles. The van der Waals surface area contributed by atoms with Crippen molar-refractivity contribution in [1.82, 2.24) is 0 Å². The maximum absolute atomic E-state index is 10.5. The molecular formula is C6H15O2PTi. The van der Waals surface area contributed by atoms with Gasteiger partial charge in [-0.1, -0.05) is 20.3 Å². The van der Waals surface area contributed by atoms with Gasteiger partial charge in [0.1, 0.15) is 0 Å². The average Bonchev–Trinajstić information content (AvgIpc) is 1.82. The molecule has 0 bridgehead atoms. The molecule has 0 saturated carbocycles. The van der Waals surface area contributed by atoms with Gasteiger partial charge in [-0.25, -0.2) is 0 Å². The fourth-order valence-electron chi connectivity index (χ4n) is 0.851. The molecule has 0 aromatic rings. The summed E-state index contributed by atoms with van der Waals surface area (Å²) in [6.45, 7) is 3.99. The van der Waals surface area contributed by atoms with Crippen LogP contribution in [0.5, 0.6) is 0 Å². The molecule has 0 fully saturated rings. The Morgan fingerprint density at radius 2 is 2.00 bits per heavy atom. The van der Waals surface area contributed by atoms with Gasteiger partial charge in [-0.3, -0.25) is 4.57 Å². The number of hydrogen-bond acceptors (Lipinski definition) is 1. The van der Waals surface area contributed by atoms with Crippen LogP contribution in [0, 0.1) is 0 Å². The molecule has 60 valence electrons. The first-order chi connectivity index (χ1) is 4.22. The van der Waals surface area contributed by atoms with Crippen molar-refractivity contribution in [2.45, 2.75) is 38.8 Å². The Hall–Kier alpha value is 0.904. The molecule has 10 heavy (non-hydrogen) atoms. The molecule has 0 aliphatic carbocycles. The van der Waals surface area contributed by atoms with Gasteiger partial charge in [-0.05, 0) is 12.8 Å². The molecule has 2 unspecified atom stereocenters. The minimum Gasteiger partial charge on any atom is -0.346 e. The van der Waals surface area contributed by atoms with Crippen LogP contribution in [-0.4, -0.2) is 10.6 Å². The van der Waals surface area contributed by atoms with E-state index >= 15 is 0 Å². The standard InChI is InChI=1S/C6H15O2P.Ti/c1-3-5-6(4-2)9(7)8;/h6,9H,3-5H2,1-2H3,(H,7,8);. The van der Waals surface area contributed by atoms with Crippen LogP contribution in [0.4, 0.5) is 0 Å². The minimum atomic E-state index is -2.24. The van der Waals surface area contributed by atoms with Crippen LogP contribution in [0.2, 0.25) is 0 Å². The summed E-state index contributed by atoms with van der Waals surface area (Å²) in [5, 5.41) is 0. The van der Waals surface area contributed by atoms with E-state index in [0.717, 1.165) is 19.3 Å². The molecule has 0 aliphatic rings. The molecule has 0 radical (unpaired) electrons. The average molecular weight is 198 g/mol. The molecule has 0 aromatic carbocycles. The first-order valence-electron chi connectivity index (χ1n) is 3.45. The van der Waals surface area contributed by atoms with E-state index in [1.54, 1.807) is 0 Å². The fourth-order valence-corrected chi connectivity index (χ4v) is 1.74. The van der Waals surface area contributed by atoms with Crippen molar-refractivity contribution in [3.63, 3.8) is 0 Å². The van der Waals surface area contributed by atoms with Crippen LogP contribution >= 0.6 is 8.03 Å². The molecule has 0 heterocycles. The first kappa shape index (κ1) is 13.5. The zero-order valence-electron chi connectivity index (χ0n) is 6.55. The Balaban J connectivity index is 0. The minimum absolute atomic E-state index is 0. The third kappa shape index (κ3) is 5.67. The summed E-state index contributed by atoms with van der Waals surface area (Å²) in [7, 11) is -2.24. The predicted octanol–water partition coefficient (Wildman–Crippen LogP) is 2.03. The van der Waals surface area contributed by atoms with Crippen LogP contribution in [0.25, 0.3) is 0 Å². The quantitative estimate of drug-likeness (QED) is 0.554. The number of rotatable bonds is 4. The van der Waals surface area contributed by atoms with Crippen molar-refractivity contribution in [2.75, 3.05) is 0 Å². The van der Waals surface area contributed by atoms with E-state index in [9.17, 15) is 4.57 Å². The Morgan fingerprint density at radius 1 is 1.50 bits per heavy atom. The third-order valence-corrected chi connectivity index (χ3v) is 2.87. The van der Waals surface area contributed by atoms with Gasteiger partial charge in [0.05, 0.1) is 0 Å². The normalized spacial score (nSPS) is 15.5. The largest absolute Gasteiger partial charge is 0.346 e. The molecule has 0 aliphatic heterocycles. The van der Waals surface area contributed by atoms with E-state index in [0.29, 0.717) is 0 Å². The van der Waals surface area contributed by atoms with Crippen molar-refractivity contribution in [2.24, 2.45) is 0 Å². The fraction of sp³-hybridized carbons (Fsp3) is 1.00. The molecule has 0 aromatic heterocycles. The Labute approximate surface area is 78.2 Å². The van der Waals surface area contributed by atoms with Gasteiger partial charge in [0.25, 0.3) is 0 Å². The van der Waals surface area contributed by atoms with Crippen molar-refractivity contribution in [1.29, 1.82) is 0 Å². The maximum atomic E-state index is 10.5. The molecule has 2 nitrogen and oxygen atoms in total. The van der Waals surface area contributed by atoms with Gasteiger partial charge in [-0.2, -0.15) is 0 Å². The molecule has 0 spiro atoms. The third-order valence-electron chi connectivity index (χ3n) is 1.48. The Kier molecular flexibility index (Phi) is 10.8. The Bertz CT molecular complexity index is 97.7. The molecule has 0 rings (SSSR count). The summed E-state index contributed by atoms with van der Waals surface area (Å²) in [6, 6.07) is 0. The smallest absolute Gasteiger partial charge is 0.192 e. The summed E-state index contributed by atoms with van der Waals surface area (Å²) in [4.78, 5) is 8.69. The van der Waals surface area contributed by atoms with Crippen molar-refractivity contribution >= 4 is 8.03 Å². The molecule has 2 atom stereocenters. The molecule has 1 N–H and O–H groups in total. The predicted molar refractivity (Wildman–Crippen MR) is 40.2 cm³/mol. The Morgan fingerprint density at radius 3 is 2.10 bits per heavy atom. The molecular weight excluding hydrogens is 183 g/mol. The van der Waals surface area contributed by atoms with Crippen LogP contribution in [0.15, 0.2) is 0 Å².